The summed E-state index contributed by atoms with van der Waals surface area (Å²) in [5.41, 5.74) is 4.47. The Morgan fingerprint density at radius 3 is 2.47 bits per heavy atom. The van der Waals surface area contributed by atoms with Crippen molar-refractivity contribution < 1.29 is 19.8 Å². The molecule has 1 rings (SSSR count). The topological polar surface area (TPSA) is 104 Å². The van der Waals surface area contributed by atoms with Crippen LogP contribution in [-0.4, -0.2) is 53.0 Å². The third kappa shape index (κ3) is 2.00. The number of aliphatic hydroxyl groups excluding tert-OH is 2. The van der Waals surface area contributed by atoms with Gasteiger partial charge in [-0.3, -0.25) is 14.5 Å². The van der Waals surface area contributed by atoms with Crippen LogP contribution in [0.1, 0.15) is 6.42 Å². The number of hydrogen-bond acceptors (Lipinski definition) is 5. The van der Waals surface area contributed by atoms with Gasteiger partial charge in [-0.25, -0.2) is 0 Å². The smallest absolute Gasteiger partial charge is 0.255 e. The predicted molar refractivity (Wildman–Crippen MR) is 52.0 cm³/mol. The Hall–Kier alpha value is -1.40. The third-order valence-electron chi connectivity index (χ3n) is 2.44. The third-order valence-corrected chi connectivity index (χ3v) is 2.44. The maximum atomic E-state index is 11.4. The van der Waals surface area contributed by atoms with E-state index < -0.39 is 29.4 Å². The fourth-order valence-electron chi connectivity index (χ4n) is 1.59. The SMILES string of the molecule is CN(C)C1C[C@@H](O)C(=O)C(C(N)=O)=C1O. The predicted octanol–water partition coefficient (Wildman–Crippen LogP) is -1.45. The average Bonchev–Trinajstić information content (AvgIpc) is 2.10. The van der Waals surface area contributed by atoms with Crippen LogP contribution in [0.5, 0.6) is 0 Å². The summed E-state index contributed by atoms with van der Waals surface area (Å²) in [5, 5.41) is 19.1. The summed E-state index contributed by atoms with van der Waals surface area (Å²) in [5.74, 6) is -2.18. The van der Waals surface area contributed by atoms with Crippen LogP contribution in [0.2, 0.25) is 0 Å². The molecule has 4 N–H and O–H groups in total. The summed E-state index contributed by atoms with van der Waals surface area (Å²) in [6.07, 6.45) is -1.22. The standard InChI is InChI=1S/C9H14N2O4/c1-11(2)4-3-5(12)8(14)6(7(4)13)9(10)15/h4-5,12-13H,3H2,1-2H3,(H2,10,15)/t4?,5-/m1/s1. The van der Waals surface area contributed by atoms with Gasteiger partial charge in [0, 0.05) is 6.42 Å². The minimum atomic E-state index is -1.28. The number of carbonyl (C=O) groups excluding carboxylic acids is 2. The molecule has 0 aliphatic heterocycles. The van der Waals surface area contributed by atoms with Crippen LogP contribution in [-0.2, 0) is 9.59 Å². The average molecular weight is 214 g/mol. The van der Waals surface area contributed by atoms with Crippen LogP contribution < -0.4 is 5.73 Å². The monoisotopic (exact) mass is 214 g/mol. The molecule has 2 atom stereocenters. The summed E-state index contributed by atoms with van der Waals surface area (Å²) in [6.45, 7) is 0. The summed E-state index contributed by atoms with van der Waals surface area (Å²) in [4.78, 5) is 23.9. The van der Waals surface area contributed by atoms with E-state index >= 15 is 0 Å². The first-order valence-corrected chi connectivity index (χ1v) is 4.48. The minimum Gasteiger partial charge on any atom is -0.510 e. The Labute approximate surface area is 87.0 Å². The van der Waals surface area contributed by atoms with Gasteiger partial charge in [-0.15, -0.1) is 0 Å². The highest BCUT2D eigenvalue weighted by Crippen LogP contribution is 2.23. The zero-order valence-corrected chi connectivity index (χ0v) is 8.60. The normalized spacial score (nSPS) is 27.3. The number of likely N-dealkylation sites (N-methyl/N-ethyl adjacent to an activating group) is 1. The molecule has 0 fully saturated rings. The number of hydrogen-bond donors (Lipinski definition) is 3. The van der Waals surface area contributed by atoms with Crippen molar-refractivity contribution in [2.75, 3.05) is 14.1 Å². The van der Waals surface area contributed by atoms with Crippen molar-refractivity contribution in [1.29, 1.82) is 0 Å². The lowest BCUT2D eigenvalue weighted by Crippen LogP contribution is -2.45. The summed E-state index contributed by atoms with van der Waals surface area (Å²) in [7, 11) is 3.34. The molecule has 84 valence electrons. The Bertz CT molecular complexity index is 335. The van der Waals surface area contributed by atoms with E-state index in [0.29, 0.717) is 0 Å². The van der Waals surface area contributed by atoms with E-state index in [1.807, 2.05) is 0 Å². The van der Waals surface area contributed by atoms with Gasteiger partial charge < -0.3 is 15.9 Å². The van der Waals surface area contributed by atoms with Gasteiger partial charge in [0.05, 0.1) is 6.04 Å². The number of primary amides is 1. The molecule has 0 spiro atoms. The van der Waals surface area contributed by atoms with Crippen LogP contribution in [0.4, 0.5) is 0 Å². The first kappa shape index (κ1) is 11.7. The number of ketones is 1. The molecule has 0 heterocycles. The van der Waals surface area contributed by atoms with Crippen molar-refractivity contribution in [2.45, 2.75) is 18.6 Å². The highest BCUT2D eigenvalue weighted by molar-refractivity contribution is 6.21. The number of aliphatic hydroxyl groups is 2. The number of amides is 1. The first-order chi connectivity index (χ1) is 6.86. The molecule has 0 aromatic rings. The van der Waals surface area contributed by atoms with Crippen LogP contribution in [0.3, 0.4) is 0 Å². The zero-order chi connectivity index (χ0) is 11.7. The van der Waals surface area contributed by atoms with Gasteiger partial charge >= 0.3 is 0 Å². The largest absolute Gasteiger partial charge is 0.510 e. The molecule has 6 nitrogen and oxygen atoms in total. The number of carbonyl (C=O) groups is 2. The Morgan fingerprint density at radius 1 is 1.53 bits per heavy atom. The maximum absolute atomic E-state index is 11.4. The molecule has 0 radical (unpaired) electrons. The fourth-order valence-corrected chi connectivity index (χ4v) is 1.59. The lowest BCUT2D eigenvalue weighted by Gasteiger charge is -2.30. The minimum absolute atomic E-state index is 0.0639. The molecule has 1 unspecified atom stereocenters. The van der Waals surface area contributed by atoms with Gasteiger partial charge in [0.15, 0.2) is 5.78 Å². The van der Waals surface area contributed by atoms with Gasteiger partial charge in [0.2, 0.25) is 0 Å². The summed E-state index contributed by atoms with van der Waals surface area (Å²) in [6, 6.07) is -0.555. The summed E-state index contributed by atoms with van der Waals surface area (Å²) >= 11 is 0. The lowest BCUT2D eigenvalue weighted by atomic mass is 9.89. The number of nitrogens with zero attached hydrogens (tertiary/aromatic N) is 1. The molecule has 1 aliphatic rings. The van der Waals surface area contributed by atoms with E-state index in [2.05, 4.69) is 0 Å². The fraction of sp³-hybridized carbons (Fsp3) is 0.556. The molecule has 1 amide bonds. The first-order valence-electron chi connectivity index (χ1n) is 4.48. The Balaban J connectivity index is 3.19. The molecule has 0 saturated carbocycles. The highest BCUT2D eigenvalue weighted by Gasteiger charge is 2.38. The number of rotatable bonds is 2. The van der Waals surface area contributed by atoms with Gasteiger partial charge in [0.25, 0.3) is 5.91 Å². The van der Waals surface area contributed by atoms with Crippen LogP contribution in [0.25, 0.3) is 0 Å². The maximum Gasteiger partial charge on any atom is 0.255 e. The highest BCUT2D eigenvalue weighted by atomic mass is 16.3. The number of nitrogens with two attached hydrogens (primary N) is 1. The van der Waals surface area contributed by atoms with Gasteiger partial charge in [0.1, 0.15) is 17.4 Å². The van der Waals surface area contributed by atoms with Gasteiger partial charge in [-0.1, -0.05) is 0 Å². The van der Waals surface area contributed by atoms with Crippen molar-refractivity contribution in [3.63, 3.8) is 0 Å². The van der Waals surface area contributed by atoms with E-state index in [9.17, 15) is 19.8 Å². The van der Waals surface area contributed by atoms with Crippen LogP contribution in [0, 0.1) is 0 Å². The second-order valence-electron chi connectivity index (χ2n) is 3.72. The zero-order valence-electron chi connectivity index (χ0n) is 8.60. The van der Waals surface area contributed by atoms with Crippen molar-refractivity contribution >= 4 is 11.7 Å². The van der Waals surface area contributed by atoms with E-state index in [0.717, 1.165) is 0 Å². The molecule has 0 aromatic carbocycles. The molecule has 6 heteroatoms. The van der Waals surface area contributed by atoms with Crippen molar-refractivity contribution in [3.8, 4) is 0 Å². The second kappa shape index (κ2) is 4.00. The van der Waals surface area contributed by atoms with Crippen LogP contribution >= 0.6 is 0 Å². The van der Waals surface area contributed by atoms with E-state index in [4.69, 9.17) is 5.73 Å². The second-order valence-corrected chi connectivity index (χ2v) is 3.72. The van der Waals surface area contributed by atoms with E-state index in [-0.39, 0.29) is 12.2 Å². The molecule has 0 aromatic heterocycles. The quantitative estimate of drug-likeness (QED) is 0.488. The Morgan fingerprint density at radius 2 is 2.07 bits per heavy atom. The number of Topliss-reactive ketones (excluding diaryl/α,β-unsaturated/α-hetero) is 1. The van der Waals surface area contributed by atoms with Crippen molar-refractivity contribution in [1.82, 2.24) is 4.90 Å². The molecular formula is C9H14N2O4. The van der Waals surface area contributed by atoms with Gasteiger partial charge in [-0.2, -0.15) is 0 Å². The molecular weight excluding hydrogens is 200 g/mol. The van der Waals surface area contributed by atoms with Crippen molar-refractivity contribution in [3.05, 3.63) is 11.3 Å². The molecule has 0 bridgehead atoms. The Kier molecular flexibility index (Phi) is 3.11. The van der Waals surface area contributed by atoms with E-state index in [1.54, 1.807) is 19.0 Å². The molecule has 0 saturated heterocycles. The summed E-state index contributed by atoms with van der Waals surface area (Å²) < 4.78 is 0. The van der Waals surface area contributed by atoms with Gasteiger partial charge in [-0.05, 0) is 14.1 Å². The molecule has 1 aliphatic carbocycles. The molecule has 15 heavy (non-hydrogen) atoms. The van der Waals surface area contributed by atoms with Crippen LogP contribution in [0.15, 0.2) is 11.3 Å². The lowest BCUT2D eigenvalue weighted by molar-refractivity contribution is -0.128. The van der Waals surface area contributed by atoms with E-state index in [1.165, 1.54) is 0 Å². The van der Waals surface area contributed by atoms with Crippen molar-refractivity contribution in [2.24, 2.45) is 5.73 Å².